The maximum Gasteiger partial charge on any atom is 0.165 e. The van der Waals surface area contributed by atoms with Crippen molar-refractivity contribution in [3.63, 3.8) is 0 Å². The van der Waals surface area contributed by atoms with E-state index in [-0.39, 0.29) is 18.8 Å². The lowest BCUT2D eigenvalue weighted by molar-refractivity contribution is -0.170. The van der Waals surface area contributed by atoms with E-state index in [0.717, 1.165) is 0 Å². The molecule has 0 unspecified atom stereocenters. The Kier molecular flexibility index (Phi) is 2.95. The molecule has 1 aliphatic carbocycles. The van der Waals surface area contributed by atoms with Crippen LogP contribution < -0.4 is 5.73 Å². The summed E-state index contributed by atoms with van der Waals surface area (Å²) in [4.78, 5) is 12.3. The van der Waals surface area contributed by atoms with Crippen molar-refractivity contribution in [2.24, 2.45) is 5.92 Å². The topological polar surface area (TPSA) is 140 Å². The molecule has 4 rings (SSSR count). The van der Waals surface area contributed by atoms with Crippen LogP contribution in [-0.2, 0) is 11.3 Å². The predicted molar refractivity (Wildman–Crippen MR) is 79.2 cm³/mol. The van der Waals surface area contributed by atoms with Crippen molar-refractivity contribution in [3.05, 3.63) is 12.7 Å². The number of aromatic nitrogens is 4. The number of aliphatic hydroxyl groups excluding tert-OH is 1. The minimum Gasteiger partial charge on any atom is -0.387 e. The van der Waals surface area contributed by atoms with Crippen LogP contribution in [0.1, 0.15) is 13.3 Å². The smallest absolute Gasteiger partial charge is 0.165 e. The Bertz CT molecular complexity index is 763. The molecule has 2 fully saturated rings. The number of ether oxygens (including phenoxy) is 1. The van der Waals surface area contributed by atoms with Crippen molar-refractivity contribution in [1.29, 1.82) is 0 Å². The molecule has 2 aromatic heterocycles. The summed E-state index contributed by atoms with van der Waals surface area (Å²) in [5, 5.41) is 32.1. The van der Waals surface area contributed by atoms with Gasteiger partial charge >= 0.3 is 0 Å². The van der Waals surface area contributed by atoms with Gasteiger partial charge < -0.3 is 30.4 Å². The number of rotatable bonds is 2. The van der Waals surface area contributed by atoms with Gasteiger partial charge in [0.25, 0.3) is 0 Å². The predicted octanol–water partition coefficient (Wildman–Crippen LogP) is -1.33. The average molecular weight is 321 g/mol. The fraction of sp³-hybridized carbons (Fsp3) is 0.643. The van der Waals surface area contributed by atoms with Crippen molar-refractivity contribution in [2.45, 2.75) is 43.3 Å². The number of hydrogen-bond donors (Lipinski definition) is 4. The van der Waals surface area contributed by atoms with Gasteiger partial charge in [0, 0.05) is 18.9 Å². The summed E-state index contributed by atoms with van der Waals surface area (Å²) in [6.07, 6.45) is 1.19. The highest BCUT2D eigenvalue weighted by molar-refractivity contribution is 5.81. The third-order valence-electron chi connectivity index (χ3n) is 5.29. The van der Waals surface area contributed by atoms with E-state index in [9.17, 15) is 15.3 Å². The van der Waals surface area contributed by atoms with E-state index < -0.39 is 29.3 Å². The molecule has 23 heavy (non-hydrogen) atoms. The number of fused-ring (bicyclic) bond motifs is 3. The third-order valence-corrected chi connectivity index (χ3v) is 5.29. The van der Waals surface area contributed by atoms with Crippen LogP contribution in [0, 0.1) is 5.92 Å². The molecule has 2 aromatic rings. The molecule has 9 nitrogen and oxygen atoms in total. The van der Waals surface area contributed by atoms with E-state index in [1.807, 2.05) is 0 Å². The molecule has 1 aliphatic heterocycles. The van der Waals surface area contributed by atoms with Gasteiger partial charge in [0.2, 0.25) is 0 Å². The Balaban J connectivity index is 1.76. The van der Waals surface area contributed by atoms with Gasteiger partial charge in [-0.05, 0) is 6.92 Å². The highest BCUT2D eigenvalue weighted by atomic mass is 16.5. The van der Waals surface area contributed by atoms with Crippen LogP contribution in [-0.4, -0.2) is 64.9 Å². The second-order valence-electron chi connectivity index (χ2n) is 6.58. The zero-order valence-corrected chi connectivity index (χ0v) is 12.6. The average Bonchev–Trinajstić information content (AvgIpc) is 2.93. The Morgan fingerprint density at radius 3 is 2.91 bits per heavy atom. The van der Waals surface area contributed by atoms with Gasteiger partial charge in [0.05, 0.1) is 18.5 Å². The highest BCUT2D eigenvalue weighted by Gasteiger charge is 2.67. The fourth-order valence-corrected chi connectivity index (χ4v) is 4.00. The molecular formula is C14H19N5O4. The summed E-state index contributed by atoms with van der Waals surface area (Å²) in [5.74, 6) is -0.362. The highest BCUT2D eigenvalue weighted by Crippen LogP contribution is 2.50. The largest absolute Gasteiger partial charge is 0.387 e. The zero-order valence-electron chi connectivity index (χ0n) is 12.6. The van der Waals surface area contributed by atoms with Gasteiger partial charge in [-0.15, -0.1) is 0 Å². The third kappa shape index (κ3) is 1.84. The fourth-order valence-electron chi connectivity index (χ4n) is 4.00. The molecule has 124 valence electrons. The van der Waals surface area contributed by atoms with Gasteiger partial charge in [0.15, 0.2) is 11.5 Å². The van der Waals surface area contributed by atoms with Crippen LogP contribution in [0.5, 0.6) is 0 Å². The molecule has 5 atom stereocenters. The molecule has 0 aromatic carbocycles. The van der Waals surface area contributed by atoms with Crippen molar-refractivity contribution < 1.29 is 20.1 Å². The lowest BCUT2D eigenvalue weighted by Gasteiger charge is -2.36. The second-order valence-corrected chi connectivity index (χ2v) is 6.58. The minimum absolute atomic E-state index is 0.230. The van der Waals surface area contributed by atoms with E-state index in [2.05, 4.69) is 15.0 Å². The number of aliphatic hydroxyl groups is 3. The number of nitrogens with zero attached hydrogens (tertiary/aromatic N) is 4. The van der Waals surface area contributed by atoms with E-state index in [0.29, 0.717) is 17.8 Å². The summed E-state index contributed by atoms with van der Waals surface area (Å²) >= 11 is 0. The lowest BCUT2D eigenvalue weighted by Crippen LogP contribution is -2.51. The van der Waals surface area contributed by atoms with Crippen molar-refractivity contribution in [2.75, 3.05) is 12.3 Å². The van der Waals surface area contributed by atoms with E-state index in [4.69, 9.17) is 10.5 Å². The molecule has 1 saturated heterocycles. The van der Waals surface area contributed by atoms with Gasteiger partial charge in [0.1, 0.15) is 29.7 Å². The first kappa shape index (κ1) is 14.8. The van der Waals surface area contributed by atoms with E-state index in [1.54, 1.807) is 17.8 Å². The quantitative estimate of drug-likeness (QED) is 0.533. The molecule has 9 heteroatoms. The first-order chi connectivity index (χ1) is 10.9. The number of nitrogen functional groups attached to an aromatic ring is 1. The van der Waals surface area contributed by atoms with Crippen LogP contribution in [0.15, 0.2) is 12.7 Å². The molecule has 5 N–H and O–H groups in total. The molecule has 2 aliphatic rings. The summed E-state index contributed by atoms with van der Waals surface area (Å²) in [6.45, 7) is 2.11. The molecule has 0 spiro atoms. The Labute approximate surface area is 131 Å². The molecule has 1 saturated carbocycles. The van der Waals surface area contributed by atoms with E-state index >= 15 is 0 Å². The molecule has 0 amide bonds. The van der Waals surface area contributed by atoms with Crippen LogP contribution in [0.4, 0.5) is 5.82 Å². The minimum atomic E-state index is -1.42. The van der Waals surface area contributed by atoms with E-state index in [1.165, 1.54) is 6.33 Å². The van der Waals surface area contributed by atoms with Crippen LogP contribution in [0.3, 0.4) is 0 Å². The number of anilines is 1. The lowest BCUT2D eigenvalue weighted by atomic mass is 9.81. The van der Waals surface area contributed by atoms with Crippen molar-refractivity contribution >= 4 is 17.0 Å². The number of nitrogens with two attached hydrogens (primary N) is 1. The van der Waals surface area contributed by atoms with Crippen LogP contribution in [0.25, 0.3) is 11.2 Å². The van der Waals surface area contributed by atoms with Gasteiger partial charge in [-0.3, -0.25) is 0 Å². The molecule has 2 bridgehead atoms. The zero-order chi connectivity index (χ0) is 16.4. The van der Waals surface area contributed by atoms with Crippen molar-refractivity contribution in [1.82, 2.24) is 19.5 Å². The number of imidazole rings is 1. The van der Waals surface area contributed by atoms with Gasteiger partial charge in [-0.1, -0.05) is 0 Å². The van der Waals surface area contributed by atoms with Gasteiger partial charge in [-0.2, -0.15) is 0 Å². The van der Waals surface area contributed by atoms with Crippen LogP contribution >= 0.6 is 0 Å². The maximum atomic E-state index is 10.9. The first-order valence-electron chi connectivity index (χ1n) is 7.51. The summed E-state index contributed by atoms with van der Waals surface area (Å²) < 4.78 is 7.19. The normalized spacial score (nSPS) is 39.9. The second kappa shape index (κ2) is 4.60. The van der Waals surface area contributed by atoms with Crippen molar-refractivity contribution in [3.8, 4) is 0 Å². The molecule has 0 radical (unpaired) electrons. The summed E-state index contributed by atoms with van der Waals surface area (Å²) in [7, 11) is 0. The SMILES string of the molecule is C[C@]1(O)[C@@H]2OCC[C@@](O)([C@@H]2O)[C@@H]1Cn1cnc2c(N)ncnc21. The Morgan fingerprint density at radius 1 is 1.39 bits per heavy atom. The monoisotopic (exact) mass is 321 g/mol. The number of hydrogen-bond acceptors (Lipinski definition) is 8. The Hall–Kier alpha value is -1.81. The van der Waals surface area contributed by atoms with Gasteiger partial charge in [-0.25, -0.2) is 15.0 Å². The molecular weight excluding hydrogens is 302 g/mol. The maximum absolute atomic E-state index is 10.9. The Morgan fingerprint density at radius 2 is 2.17 bits per heavy atom. The first-order valence-corrected chi connectivity index (χ1v) is 7.51. The van der Waals surface area contributed by atoms with Crippen LogP contribution in [0.2, 0.25) is 0 Å². The standard InChI is InChI=1S/C14H19N5O4/c1-13(21)7(14(22)2-3-23-10(13)9(14)20)4-19-6-18-8-11(15)16-5-17-12(8)19/h5-7,9-10,20-22H,2-4H2,1H3,(H2,15,16,17)/t7-,9-,10-,13-,14+/m1/s1. The summed E-state index contributed by atoms with van der Waals surface area (Å²) in [5.41, 5.74) is 3.98. The summed E-state index contributed by atoms with van der Waals surface area (Å²) in [6, 6.07) is 0. The molecule has 3 heterocycles.